The number of rotatable bonds is 2. The predicted octanol–water partition coefficient (Wildman–Crippen LogP) is 3.85. The van der Waals surface area contributed by atoms with Gasteiger partial charge in [-0.1, -0.05) is 60.4 Å². The van der Waals surface area contributed by atoms with Gasteiger partial charge in [0.25, 0.3) is 0 Å². The van der Waals surface area contributed by atoms with E-state index < -0.39 is 0 Å². The van der Waals surface area contributed by atoms with Crippen LogP contribution in [0, 0.1) is 24.2 Å². The minimum absolute atomic E-state index is 0.108. The molecule has 0 aromatic heterocycles. The first kappa shape index (κ1) is 12.0. The van der Waals surface area contributed by atoms with E-state index >= 15 is 0 Å². The maximum Gasteiger partial charge on any atom is 0.0565 e. The van der Waals surface area contributed by atoms with Crippen molar-refractivity contribution in [3.05, 3.63) is 71.8 Å². The van der Waals surface area contributed by atoms with Gasteiger partial charge in [0.15, 0.2) is 0 Å². The fourth-order valence-corrected chi connectivity index (χ4v) is 1.75. The first-order chi connectivity index (χ1) is 8.90. The summed E-state index contributed by atoms with van der Waals surface area (Å²) in [5, 5.41) is 0. The van der Waals surface area contributed by atoms with E-state index in [9.17, 15) is 0 Å². The molecule has 2 rings (SSSR count). The van der Waals surface area contributed by atoms with Crippen LogP contribution in [0.5, 0.6) is 0 Å². The van der Waals surface area contributed by atoms with Crippen molar-refractivity contribution in [2.24, 2.45) is 0 Å². The highest BCUT2D eigenvalue weighted by Gasteiger charge is 2.05. The number of hydrogen-bond acceptors (Lipinski definition) is 0. The van der Waals surface area contributed by atoms with Crippen LogP contribution in [0.25, 0.3) is 0 Å². The monoisotopic (exact) mass is 230 g/mol. The highest BCUT2D eigenvalue weighted by atomic mass is 14.1. The van der Waals surface area contributed by atoms with Gasteiger partial charge in [0, 0.05) is 12.0 Å². The third-order valence-electron chi connectivity index (χ3n) is 2.69. The molecule has 0 heteroatoms. The van der Waals surface area contributed by atoms with Crippen LogP contribution in [-0.4, -0.2) is 0 Å². The Morgan fingerprint density at radius 2 is 1.50 bits per heavy atom. The standard InChI is InChI=1S/C18H14/c1-2-9-17(18-12-7-4-8-13-18)15-14-16-10-5-3-6-11-16/h1,3-8,10-13,17H,9H2. The summed E-state index contributed by atoms with van der Waals surface area (Å²) in [5.41, 5.74) is 2.20. The van der Waals surface area contributed by atoms with Gasteiger partial charge in [-0.05, 0) is 17.7 Å². The molecule has 18 heavy (non-hydrogen) atoms. The topological polar surface area (TPSA) is 0 Å². The summed E-state index contributed by atoms with van der Waals surface area (Å²) in [5.74, 6) is 9.25. The zero-order valence-corrected chi connectivity index (χ0v) is 10.1. The average molecular weight is 230 g/mol. The Labute approximate surface area is 109 Å². The zero-order valence-electron chi connectivity index (χ0n) is 10.1. The SMILES string of the molecule is C#CCC(C#Cc1ccccc1)c1ccccc1. The van der Waals surface area contributed by atoms with Crippen LogP contribution in [0.15, 0.2) is 60.7 Å². The molecule has 2 aromatic rings. The molecule has 0 aliphatic rings. The van der Waals surface area contributed by atoms with Gasteiger partial charge >= 0.3 is 0 Å². The molecule has 0 saturated carbocycles. The molecule has 0 amide bonds. The van der Waals surface area contributed by atoms with Crippen molar-refractivity contribution in [1.82, 2.24) is 0 Å². The molecule has 0 radical (unpaired) electrons. The van der Waals surface area contributed by atoms with Crippen molar-refractivity contribution in [1.29, 1.82) is 0 Å². The summed E-state index contributed by atoms with van der Waals surface area (Å²) < 4.78 is 0. The molecule has 1 atom stereocenters. The summed E-state index contributed by atoms with van der Waals surface area (Å²) in [4.78, 5) is 0. The summed E-state index contributed by atoms with van der Waals surface area (Å²) >= 11 is 0. The maximum atomic E-state index is 5.42. The summed E-state index contributed by atoms with van der Waals surface area (Å²) in [6, 6.07) is 20.2. The highest BCUT2D eigenvalue weighted by molar-refractivity contribution is 5.38. The Kier molecular flexibility index (Phi) is 4.23. The molecule has 86 valence electrons. The largest absolute Gasteiger partial charge is 0.120 e. The second-order valence-corrected chi connectivity index (χ2v) is 4.01. The van der Waals surface area contributed by atoms with E-state index in [1.807, 2.05) is 48.5 Å². The number of hydrogen-bond donors (Lipinski definition) is 0. The fourth-order valence-electron chi connectivity index (χ4n) is 1.75. The van der Waals surface area contributed by atoms with Crippen LogP contribution in [0.3, 0.4) is 0 Å². The maximum absolute atomic E-state index is 5.42. The van der Waals surface area contributed by atoms with Gasteiger partial charge in [-0.3, -0.25) is 0 Å². The van der Waals surface area contributed by atoms with Crippen molar-refractivity contribution >= 4 is 0 Å². The van der Waals surface area contributed by atoms with Crippen molar-refractivity contribution in [3.63, 3.8) is 0 Å². The predicted molar refractivity (Wildman–Crippen MR) is 76.0 cm³/mol. The van der Waals surface area contributed by atoms with Crippen LogP contribution in [0.2, 0.25) is 0 Å². The molecular formula is C18H14. The third kappa shape index (κ3) is 3.27. The van der Waals surface area contributed by atoms with E-state index in [0.29, 0.717) is 6.42 Å². The Balaban J connectivity index is 2.23. The lowest BCUT2D eigenvalue weighted by Crippen LogP contribution is -1.94. The number of benzene rings is 2. The molecule has 0 spiro atoms. The molecule has 0 bridgehead atoms. The molecular weight excluding hydrogens is 216 g/mol. The molecule has 2 aromatic carbocycles. The molecule has 0 aliphatic carbocycles. The van der Waals surface area contributed by atoms with Gasteiger partial charge in [0.05, 0.1) is 5.92 Å². The first-order valence-corrected chi connectivity index (χ1v) is 5.95. The van der Waals surface area contributed by atoms with Crippen molar-refractivity contribution in [3.8, 4) is 24.2 Å². The van der Waals surface area contributed by atoms with Crippen LogP contribution in [0.1, 0.15) is 23.5 Å². The Hall–Kier alpha value is -2.44. The summed E-state index contributed by atoms with van der Waals surface area (Å²) in [6.07, 6.45) is 6.06. The van der Waals surface area contributed by atoms with E-state index in [0.717, 1.165) is 5.56 Å². The minimum Gasteiger partial charge on any atom is -0.120 e. The minimum atomic E-state index is 0.108. The van der Waals surface area contributed by atoms with E-state index in [-0.39, 0.29) is 5.92 Å². The summed E-state index contributed by atoms with van der Waals surface area (Å²) in [6.45, 7) is 0. The van der Waals surface area contributed by atoms with Crippen molar-refractivity contribution in [2.45, 2.75) is 12.3 Å². The molecule has 0 saturated heterocycles. The average Bonchev–Trinajstić information content (AvgIpc) is 2.45. The van der Waals surface area contributed by atoms with Crippen LogP contribution < -0.4 is 0 Å². The second kappa shape index (κ2) is 6.33. The lowest BCUT2D eigenvalue weighted by molar-refractivity contribution is 0.914. The Morgan fingerprint density at radius 1 is 0.889 bits per heavy atom. The van der Waals surface area contributed by atoms with E-state index in [2.05, 4.69) is 29.9 Å². The normalized spacial score (nSPS) is 10.8. The van der Waals surface area contributed by atoms with E-state index in [1.165, 1.54) is 5.56 Å². The molecule has 0 fully saturated rings. The van der Waals surface area contributed by atoms with Gasteiger partial charge in [-0.25, -0.2) is 0 Å². The first-order valence-electron chi connectivity index (χ1n) is 5.95. The van der Waals surface area contributed by atoms with Gasteiger partial charge in [-0.15, -0.1) is 12.3 Å². The van der Waals surface area contributed by atoms with Gasteiger partial charge in [0.2, 0.25) is 0 Å². The molecule has 0 N–H and O–H groups in total. The Morgan fingerprint density at radius 3 is 2.11 bits per heavy atom. The molecule has 1 unspecified atom stereocenters. The van der Waals surface area contributed by atoms with Crippen molar-refractivity contribution in [2.75, 3.05) is 0 Å². The number of terminal acetylenes is 1. The molecule has 0 heterocycles. The lowest BCUT2D eigenvalue weighted by Gasteiger charge is -2.06. The van der Waals surface area contributed by atoms with Crippen molar-refractivity contribution < 1.29 is 0 Å². The third-order valence-corrected chi connectivity index (χ3v) is 2.69. The summed E-state index contributed by atoms with van der Waals surface area (Å²) in [7, 11) is 0. The molecule has 0 nitrogen and oxygen atoms in total. The highest BCUT2D eigenvalue weighted by Crippen LogP contribution is 2.18. The Bertz CT molecular complexity index is 577. The van der Waals surface area contributed by atoms with E-state index in [1.54, 1.807) is 0 Å². The van der Waals surface area contributed by atoms with Gasteiger partial charge in [-0.2, -0.15) is 0 Å². The molecule has 0 aliphatic heterocycles. The van der Waals surface area contributed by atoms with Gasteiger partial charge in [0.1, 0.15) is 0 Å². The lowest BCUT2D eigenvalue weighted by atomic mass is 9.96. The van der Waals surface area contributed by atoms with Crippen LogP contribution >= 0.6 is 0 Å². The quantitative estimate of drug-likeness (QED) is 0.687. The zero-order chi connectivity index (χ0) is 12.6. The second-order valence-electron chi connectivity index (χ2n) is 4.01. The van der Waals surface area contributed by atoms with E-state index in [4.69, 9.17) is 6.42 Å². The van der Waals surface area contributed by atoms with Crippen LogP contribution in [0.4, 0.5) is 0 Å². The van der Waals surface area contributed by atoms with Gasteiger partial charge < -0.3 is 0 Å². The van der Waals surface area contributed by atoms with Crippen LogP contribution in [-0.2, 0) is 0 Å². The smallest absolute Gasteiger partial charge is 0.0565 e. The fraction of sp³-hybridized carbons (Fsp3) is 0.111.